The van der Waals surface area contributed by atoms with Crippen molar-refractivity contribution in [2.24, 2.45) is 5.92 Å². The minimum atomic E-state index is 0.834. The summed E-state index contributed by atoms with van der Waals surface area (Å²) in [5.41, 5.74) is 1.17. The van der Waals surface area contributed by atoms with Crippen molar-refractivity contribution in [1.82, 2.24) is 14.7 Å². The Balaban J connectivity index is 1.39. The van der Waals surface area contributed by atoms with Crippen LogP contribution >= 0.6 is 22.9 Å². The minimum Gasteiger partial charge on any atom is -0.298 e. The molecule has 0 N–H and O–H groups in total. The predicted octanol–water partition coefficient (Wildman–Crippen LogP) is 3.75. The van der Waals surface area contributed by atoms with Crippen LogP contribution in [0, 0.1) is 5.92 Å². The van der Waals surface area contributed by atoms with E-state index < -0.39 is 0 Å². The summed E-state index contributed by atoms with van der Waals surface area (Å²) in [7, 11) is 0. The number of fused-ring (bicyclic) bond motifs is 2. The van der Waals surface area contributed by atoms with Gasteiger partial charge in [-0.3, -0.25) is 9.58 Å². The van der Waals surface area contributed by atoms with E-state index in [1.807, 2.05) is 12.3 Å². The van der Waals surface area contributed by atoms with Crippen LogP contribution in [0.2, 0.25) is 4.34 Å². The fraction of sp³-hybridized carbons (Fsp3) is 0.533. The molecule has 3 heterocycles. The molecule has 2 aliphatic rings. The van der Waals surface area contributed by atoms with Crippen LogP contribution in [-0.4, -0.2) is 33.8 Å². The summed E-state index contributed by atoms with van der Waals surface area (Å²) >= 11 is 7.59. The Kier molecular flexibility index (Phi) is 3.33. The van der Waals surface area contributed by atoms with Crippen molar-refractivity contribution in [2.45, 2.75) is 31.8 Å². The summed E-state index contributed by atoms with van der Waals surface area (Å²) in [6.45, 7) is 3.43. The van der Waals surface area contributed by atoms with Crippen LogP contribution in [0.1, 0.15) is 19.3 Å². The lowest BCUT2D eigenvalue weighted by atomic mass is 10.1. The number of halogens is 1. The second-order valence-corrected chi connectivity index (χ2v) is 7.64. The number of rotatable bonds is 4. The molecule has 0 amide bonds. The number of thiophene rings is 1. The molecule has 1 saturated heterocycles. The number of likely N-dealkylation sites (tertiary alicyclic amines) is 1. The van der Waals surface area contributed by atoms with E-state index in [-0.39, 0.29) is 0 Å². The summed E-state index contributed by atoms with van der Waals surface area (Å²) in [4.78, 5) is 3.85. The van der Waals surface area contributed by atoms with Crippen molar-refractivity contribution in [1.29, 1.82) is 0 Å². The van der Waals surface area contributed by atoms with Gasteiger partial charge in [-0.1, -0.05) is 11.6 Å². The molecular weight excluding hydrogens is 290 g/mol. The van der Waals surface area contributed by atoms with Crippen molar-refractivity contribution < 1.29 is 0 Å². The van der Waals surface area contributed by atoms with Crippen molar-refractivity contribution >= 4 is 22.9 Å². The van der Waals surface area contributed by atoms with E-state index in [0.29, 0.717) is 0 Å². The molecular formula is C15H18ClN3S. The minimum absolute atomic E-state index is 0.834. The van der Waals surface area contributed by atoms with Gasteiger partial charge in [-0.15, -0.1) is 11.3 Å². The van der Waals surface area contributed by atoms with Crippen LogP contribution in [0.3, 0.4) is 0 Å². The molecule has 2 aromatic heterocycles. The van der Waals surface area contributed by atoms with Gasteiger partial charge in [0.1, 0.15) is 0 Å². The van der Waals surface area contributed by atoms with Gasteiger partial charge >= 0.3 is 0 Å². The van der Waals surface area contributed by atoms with Gasteiger partial charge in [0.05, 0.1) is 17.1 Å². The third kappa shape index (κ3) is 2.41. The van der Waals surface area contributed by atoms with Crippen molar-refractivity contribution in [3.05, 3.63) is 28.9 Å². The SMILES string of the molecule is Clc1ccc(-c2cnn(CCN3CC4CCC3C4)c2)s1. The Hall–Kier alpha value is -0.840. The van der Waals surface area contributed by atoms with E-state index in [2.05, 4.69) is 26.9 Å². The lowest BCUT2D eigenvalue weighted by Gasteiger charge is -2.26. The largest absolute Gasteiger partial charge is 0.298 e. The molecule has 5 heteroatoms. The van der Waals surface area contributed by atoms with E-state index >= 15 is 0 Å². The van der Waals surface area contributed by atoms with Crippen LogP contribution < -0.4 is 0 Å². The summed E-state index contributed by atoms with van der Waals surface area (Å²) in [5, 5.41) is 4.48. The predicted molar refractivity (Wildman–Crippen MR) is 83.3 cm³/mol. The van der Waals surface area contributed by atoms with Gasteiger partial charge in [-0.25, -0.2) is 0 Å². The molecule has 3 nitrogen and oxygen atoms in total. The Morgan fingerprint density at radius 3 is 2.95 bits per heavy atom. The number of hydrogen-bond donors (Lipinski definition) is 0. The molecule has 1 saturated carbocycles. The van der Waals surface area contributed by atoms with E-state index in [0.717, 1.165) is 29.4 Å². The molecule has 4 rings (SSSR count). The van der Waals surface area contributed by atoms with Crippen molar-refractivity contribution in [3.8, 4) is 10.4 Å². The number of nitrogens with zero attached hydrogens (tertiary/aromatic N) is 3. The highest BCUT2D eigenvalue weighted by Crippen LogP contribution is 2.37. The first-order valence-electron chi connectivity index (χ1n) is 7.30. The topological polar surface area (TPSA) is 21.1 Å². The summed E-state index contributed by atoms with van der Waals surface area (Å²) in [6.07, 6.45) is 8.36. The molecule has 2 fully saturated rings. The zero-order valence-electron chi connectivity index (χ0n) is 11.3. The zero-order valence-corrected chi connectivity index (χ0v) is 12.9. The highest BCUT2D eigenvalue weighted by Gasteiger charge is 2.37. The lowest BCUT2D eigenvalue weighted by Crippen LogP contribution is -2.34. The normalized spacial score (nSPS) is 25.6. The second kappa shape index (κ2) is 5.17. The van der Waals surface area contributed by atoms with Gasteiger partial charge in [0.25, 0.3) is 0 Å². The maximum atomic E-state index is 5.99. The second-order valence-electron chi connectivity index (χ2n) is 5.92. The maximum absolute atomic E-state index is 5.99. The van der Waals surface area contributed by atoms with Gasteiger partial charge in [-0.05, 0) is 37.3 Å². The average Bonchev–Trinajstić information content (AvgIpc) is 3.20. The molecule has 2 unspecified atom stereocenters. The lowest BCUT2D eigenvalue weighted by molar-refractivity contribution is 0.203. The molecule has 1 aliphatic carbocycles. The first-order valence-corrected chi connectivity index (χ1v) is 8.49. The first-order chi connectivity index (χ1) is 9.78. The molecule has 0 spiro atoms. The third-order valence-corrected chi connectivity index (χ3v) is 5.91. The molecule has 1 aliphatic heterocycles. The van der Waals surface area contributed by atoms with Crippen LogP contribution in [0.25, 0.3) is 10.4 Å². The van der Waals surface area contributed by atoms with E-state index in [1.165, 1.54) is 36.2 Å². The van der Waals surface area contributed by atoms with E-state index in [1.54, 1.807) is 11.3 Å². The molecule has 106 valence electrons. The standard InChI is InChI=1S/C15H18ClN3S/c16-15-4-3-14(20-15)12-8-17-19(10-12)6-5-18-9-11-1-2-13(18)7-11/h3-4,8,10-11,13H,1-2,5-7,9H2. The maximum Gasteiger partial charge on any atom is 0.0934 e. The average molecular weight is 308 g/mol. The molecule has 2 bridgehead atoms. The van der Waals surface area contributed by atoms with Crippen LogP contribution in [0.5, 0.6) is 0 Å². The smallest absolute Gasteiger partial charge is 0.0934 e. The van der Waals surface area contributed by atoms with Gasteiger partial charge in [0.2, 0.25) is 0 Å². The fourth-order valence-corrected chi connectivity index (χ4v) is 4.63. The van der Waals surface area contributed by atoms with Gasteiger partial charge in [-0.2, -0.15) is 5.10 Å². The molecule has 2 aromatic rings. The quantitative estimate of drug-likeness (QED) is 0.858. The fourth-order valence-electron chi connectivity index (χ4n) is 3.61. The highest BCUT2D eigenvalue weighted by molar-refractivity contribution is 7.19. The first kappa shape index (κ1) is 12.9. The summed E-state index contributed by atoms with van der Waals surface area (Å²) < 4.78 is 2.90. The number of piperidine rings is 1. The molecule has 0 aromatic carbocycles. The van der Waals surface area contributed by atoms with Gasteiger partial charge < -0.3 is 0 Å². The summed E-state index contributed by atoms with van der Waals surface area (Å²) in [6, 6.07) is 4.86. The van der Waals surface area contributed by atoms with Crippen LogP contribution in [0.4, 0.5) is 0 Å². The Labute approximate surface area is 128 Å². The summed E-state index contributed by atoms with van der Waals surface area (Å²) in [5.74, 6) is 0.974. The third-order valence-electron chi connectivity index (χ3n) is 4.63. The van der Waals surface area contributed by atoms with Crippen LogP contribution in [0.15, 0.2) is 24.5 Å². The van der Waals surface area contributed by atoms with Crippen molar-refractivity contribution in [2.75, 3.05) is 13.1 Å². The number of hydrogen-bond acceptors (Lipinski definition) is 3. The highest BCUT2D eigenvalue weighted by atomic mass is 35.5. The Bertz CT molecular complexity index is 606. The Morgan fingerprint density at radius 2 is 2.25 bits per heavy atom. The Morgan fingerprint density at radius 1 is 1.30 bits per heavy atom. The molecule has 2 atom stereocenters. The molecule has 0 radical (unpaired) electrons. The van der Waals surface area contributed by atoms with Crippen molar-refractivity contribution in [3.63, 3.8) is 0 Å². The number of aromatic nitrogens is 2. The zero-order chi connectivity index (χ0) is 13.5. The molecule has 20 heavy (non-hydrogen) atoms. The van der Waals surface area contributed by atoms with Gasteiger partial charge in [0, 0.05) is 35.8 Å². The van der Waals surface area contributed by atoms with E-state index in [4.69, 9.17) is 11.6 Å². The van der Waals surface area contributed by atoms with E-state index in [9.17, 15) is 0 Å². The monoisotopic (exact) mass is 307 g/mol. The van der Waals surface area contributed by atoms with Gasteiger partial charge in [0.15, 0.2) is 0 Å². The van der Waals surface area contributed by atoms with Crippen LogP contribution in [-0.2, 0) is 6.54 Å².